The Morgan fingerprint density at radius 2 is 1.89 bits per heavy atom. The first-order valence-corrected chi connectivity index (χ1v) is 10.5. The van der Waals surface area contributed by atoms with Gasteiger partial charge >= 0.3 is 6.09 Å². The lowest BCUT2D eigenvalue weighted by Gasteiger charge is -2.53. The van der Waals surface area contributed by atoms with Crippen LogP contribution in [0.4, 0.5) is 4.79 Å². The van der Waals surface area contributed by atoms with Gasteiger partial charge in [0.2, 0.25) is 0 Å². The van der Waals surface area contributed by atoms with E-state index in [0.717, 1.165) is 64.6 Å². The van der Waals surface area contributed by atoms with Crippen LogP contribution in [0.2, 0.25) is 0 Å². The minimum atomic E-state index is -0.445. The number of carbonyl (C=O) groups excluding carboxylic acids is 1. The number of alkyl carbamates (subject to hydrolysis) is 1. The third-order valence-electron chi connectivity index (χ3n) is 6.91. The zero-order valence-electron chi connectivity index (χ0n) is 17.3. The van der Waals surface area contributed by atoms with Gasteiger partial charge in [-0.15, -0.1) is 0 Å². The van der Waals surface area contributed by atoms with Crippen molar-refractivity contribution >= 4 is 6.09 Å². The Labute approximate surface area is 162 Å². The lowest BCUT2D eigenvalue weighted by atomic mass is 9.57. The highest BCUT2D eigenvalue weighted by atomic mass is 16.6. The first-order valence-electron chi connectivity index (χ1n) is 10.5. The van der Waals surface area contributed by atoms with Gasteiger partial charge in [-0.25, -0.2) is 4.79 Å². The maximum atomic E-state index is 12.3. The molecule has 0 saturated heterocycles. The molecule has 2 N–H and O–H groups in total. The van der Waals surface area contributed by atoms with Crippen molar-refractivity contribution in [3.05, 3.63) is 17.0 Å². The maximum Gasteiger partial charge on any atom is 0.408 e. The fourth-order valence-electron chi connectivity index (χ4n) is 5.18. The van der Waals surface area contributed by atoms with Gasteiger partial charge in [0.1, 0.15) is 5.60 Å². The Balaban J connectivity index is 1.41. The lowest BCUT2D eigenvalue weighted by molar-refractivity contribution is -0.00507. The molecule has 3 fully saturated rings. The van der Waals surface area contributed by atoms with Gasteiger partial charge in [0.15, 0.2) is 0 Å². The summed E-state index contributed by atoms with van der Waals surface area (Å²) < 4.78 is 7.77. The van der Waals surface area contributed by atoms with Gasteiger partial charge in [0.05, 0.1) is 5.69 Å². The van der Waals surface area contributed by atoms with Crippen LogP contribution >= 0.6 is 0 Å². The maximum absolute atomic E-state index is 12.3. The van der Waals surface area contributed by atoms with E-state index in [0.29, 0.717) is 5.41 Å². The molecule has 0 aromatic carbocycles. The predicted octanol–water partition coefficient (Wildman–Crippen LogP) is 3.45. The highest BCUT2D eigenvalue weighted by molar-refractivity contribution is 5.69. The Bertz CT molecular complexity index is 707. The number of fused-ring (bicyclic) bond motifs is 4. The monoisotopic (exact) mass is 374 g/mol. The summed E-state index contributed by atoms with van der Waals surface area (Å²) in [6.45, 7) is 11.0. The molecule has 1 aromatic rings. The number of rotatable bonds is 3. The first-order chi connectivity index (χ1) is 12.7. The van der Waals surface area contributed by atoms with E-state index in [9.17, 15) is 4.79 Å². The van der Waals surface area contributed by atoms with Crippen LogP contribution in [0.5, 0.6) is 0 Å². The summed E-state index contributed by atoms with van der Waals surface area (Å²) in [5, 5.41) is 11.6. The van der Waals surface area contributed by atoms with Gasteiger partial charge in [0, 0.05) is 42.9 Å². The van der Waals surface area contributed by atoms with Gasteiger partial charge in [-0.1, -0.05) is 0 Å². The van der Waals surface area contributed by atoms with Crippen molar-refractivity contribution in [2.75, 3.05) is 6.54 Å². The molecule has 1 aromatic heterocycles. The van der Waals surface area contributed by atoms with E-state index in [4.69, 9.17) is 9.84 Å². The van der Waals surface area contributed by atoms with Crippen LogP contribution in [0.15, 0.2) is 0 Å². The molecule has 0 atom stereocenters. The molecule has 6 nitrogen and oxygen atoms in total. The molecule has 0 spiro atoms. The number of nitrogens with zero attached hydrogens (tertiary/aromatic N) is 2. The number of nitrogens with one attached hydrogen (secondary N) is 2. The first kappa shape index (κ1) is 18.8. The molecule has 6 heteroatoms. The molecule has 27 heavy (non-hydrogen) atoms. The molecule has 1 amide bonds. The van der Waals surface area contributed by atoms with E-state index in [1.54, 1.807) is 0 Å². The number of hydrogen-bond donors (Lipinski definition) is 2. The van der Waals surface area contributed by atoms with Gasteiger partial charge in [-0.3, -0.25) is 4.68 Å². The van der Waals surface area contributed by atoms with E-state index in [1.807, 2.05) is 20.8 Å². The average Bonchev–Trinajstić information content (AvgIpc) is 2.91. The van der Waals surface area contributed by atoms with Crippen LogP contribution in [0.3, 0.4) is 0 Å². The summed E-state index contributed by atoms with van der Waals surface area (Å²) >= 11 is 0. The van der Waals surface area contributed by atoms with Gasteiger partial charge in [-0.05, 0) is 71.6 Å². The zero-order chi connectivity index (χ0) is 19.3. The van der Waals surface area contributed by atoms with Crippen LogP contribution in [0.25, 0.3) is 0 Å². The second-order valence-electron chi connectivity index (χ2n) is 10.0. The molecule has 3 saturated carbocycles. The quantitative estimate of drug-likeness (QED) is 0.850. The van der Waals surface area contributed by atoms with E-state index in [1.165, 1.54) is 17.0 Å². The number of ether oxygens (including phenoxy) is 1. The molecule has 0 unspecified atom stereocenters. The van der Waals surface area contributed by atoms with Crippen molar-refractivity contribution in [2.45, 2.75) is 96.9 Å². The lowest BCUT2D eigenvalue weighted by Crippen LogP contribution is -2.58. The van der Waals surface area contributed by atoms with E-state index in [2.05, 4.69) is 22.2 Å². The fraction of sp³-hybridized carbons (Fsp3) is 0.810. The molecule has 150 valence electrons. The predicted molar refractivity (Wildman–Crippen MR) is 105 cm³/mol. The Morgan fingerprint density at radius 1 is 1.22 bits per heavy atom. The second kappa shape index (κ2) is 6.50. The highest BCUT2D eigenvalue weighted by Gasteiger charge is 2.50. The second-order valence-corrected chi connectivity index (χ2v) is 10.0. The summed E-state index contributed by atoms with van der Waals surface area (Å²) in [4.78, 5) is 12.3. The minimum absolute atomic E-state index is 0.0631. The third-order valence-corrected chi connectivity index (χ3v) is 6.91. The fourth-order valence-corrected chi connectivity index (χ4v) is 5.18. The van der Waals surface area contributed by atoms with Gasteiger partial charge in [-0.2, -0.15) is 5.10 Å². The molecule has 0 radical (unpaired) electrons. The summed E-state index contributed by atoms with van der Waals surface area (Å²) in [6, 6.07) is 0. The molecule has 5 rings (SSSR count). The molecule has 1 aliphatic heterocycles. The van der Waals surface area contributed by atoms with Crippen molar-refractivity contribution < 1.29 is 9.53 Å². The van der Waals surface area contributed by atoms with Crippen LogP contribution in [-0.2, 0) is 24.2 Å². The third kappa shape index (κ3) is 3.73. The smallest absolute Gasteiger partial charge is 0.408 e. The van der Waals surface area contributed by atoms with Crippen molar-refractivity contribution in [3.8, 4) is 0 Å². The number of aromatic nitrogens is 2. The summed E-state index contributed by atoms with van der Waals surface area (Å²) in [5.74, 6) is 0. The zero-order valence-corrected chi connectivity index (χ0v) is 17.3. The summed E-state index contributed by atoms with van der Waals surface area (Å²) in [7, 11) is 0. The normalized spacial score (nSPS) is 30.1. The number of amides is 1. The van der Waals surface area contributed by atoms with Crippen LogP contribution in [0, 0.1) is 12.3 Å². The van der Waals surface area contributed by atoms with Crippen molar-refractivity contribution in [2.24, 2.45) is 5.41 Å². The number of hydrogen-bond acceptors (Lipinski definition) is 4. The molecule has 4 aliphatic rings. The summed E-state index contributed by atoms with van der Waals surface area (Å²) in [6.07, 6.45) is 7.40. The Morgan fingerprint density at radius 3 is 2.48 bits per heavy atom. The molecular formula is C21H34N4O2. The summed E-state index contributed by atoms with van der Waals surface area (Å²) in [5.41, 5.74) is 3.86. The van der Waals surface area contributed by atoms with Gasteiger partial charge in [0.25, 0.3) is 0 Å². The minimum Gasteiger partial charge on any atom is -0.444 e. The molecule has 3 aliphatic carbocycles. The standard InChI is InChI=1S/C21H34N4O2/c1-15-16-13-22-12-5-17(16)24-25(15)14-20-6-9-21(10-7-20,11-8-20)23-18(26)27-19(2,3)4/h22H,5-14H2,1-4H3,(H,23,26). The largest absolute Gasteiger partial charge is 0.444 e. The van der Waals surface area contributed by atoms with Crippen LogP contribution in [0.1, 0.15) is 76.2 Å². The SMILES string of the molecule is Cc1c2c(nn1CC13CCC(NC(=O)OC(C)(C)C)(CC1)CC3)CCNC2. The van der Waals surface area contributed by atoms with Gasteiger partial charge < -0.3 is 15.4 Å². The number of carbonyl (C=O) groups is 1. The Hall–Kier alpha value is -1.56. The van der Waals surface area contributed by atoms with Crippen LogP contribution in [-0.4, -0.2) is 33.6 Å². The van der Waals surface area contributed by atoms with Crippen molar-refractivity contribution in [1.82, 2.24) is 20.4 Å². The molecular weight excluding hydrogens is 340 g/mol. The van der Waals surface area contributed by atoms with Crippen LogP contribution < -0.4 is 10.6 Å². The van der Waals surface area contributed by atoms with E-state index >= 15 is 0 Å². The van der Waals surface area contributed by atoms with Crippen molar-refractivity contribution in [1.29, 1.82) is 0 Å². The van der Waals surface area contributed by atoms with E-state index in [-0.39, 0.29) is 11.6 Å². The topological polar surface area (TPSA) is 68.2 Å². The van der Waals surface area contributed by atoms with E-state index < -0.39 is 5.60 Å². The highest BCUT2D eigenvalue weighted by Crippen LogP contribution is 2.53. The Kier molecular flexibility index (Phi) is 4.53. The van der Waals surface area contributed by atoms with Crippen molar-refractivity contribution in [3.63, 3.8) is 0 Å². The molecule has 2 bridgehead atoms. The molecule has 2 heterocycles. The average molecular weight is 375 g/mol.